The highest BCUT2D eigenvalue weighted by molar-refractivity contribution is 5.71. The van der Waals surface area contributed by atoms with Gasteiger partial charge in [-0.25, -0.2) is 9.78 Å². The quantitative estimate of drug-likeness (QED) is 0.768. The number of carbonyl (C=O) groups is 1. The molecule has 0 aliphatic heterocycles. The molecule has 1 amide bonds. The van der Waals surface area contributed by atoms with Gasteiger partial charge in [-0.1, -0.05) is 0 Å². The molecule has 0 radical (unpaired) electrons. The number of carbonyl (C=O) groups excluding carboxylic acids is 1. The second-order valence-electron chi connectivity index (χ2n) is 2.95. The Balaban J connectivity index is 2.53. The minimum atomic E-state index is -0.615. The molecule has 6 nitrogen and oxygen atoms in total. The molecule has 0 spiro atoms. The molecule has 0 bridgehead atoms. The van der Waals surface area contributed by atoms with Crippen LogP contribution in [-0.2, 0) is 0 Å². The molecule has 1 N–H and O–H groups in total. The third-order valence-electron chi connectivity index (χ3n) is 2.04. The van der Waals surface area contributed by atoms with Gasteiger partial charge in [-0.3, -0.25) is 4.40 Å². The van der Waals surface area contributed by atoms with Gasteiger partial charge in [0.1, 0.15) is 11.7 Å². The molecule has 2 aromatic heterocycles. The van der Waals surface area contributed by atoms with Crippen LogP contribution in [0.3, 0.4) is 0 Å². The van der Waals surface area contributed by atoms with Crippen LogP contribution in [0.5, 0.6) is 5.75 Å². The Hall–Kier alpha value is -2.55. The molecule has 0 fully saturated rings. The van der Waals surface area contributed by atoms with Crippen molar-refractivity contribution in [3.8, 4) is 11.8 Å². The first kappa shape index (κ1) is 9.98. The molecule has 0 saturated heterocycles. The smallest absolute Gasteiger partial charge is 0.407 e. The van der Waals surface area contributed by atoms with Gasteiger partial charge in [0, 0.05) is 19.4 Å². The molecule has 0 saturated carbocycles. The standard InChI is InChI=1S/C10H8N4O2/c1-12-10(15)16-8-2-3-9-13-4-5-14(9)7(8)6-11/h2-5H,1H3,(H,12,15). The molecule has 0 aromatic carbocycles. The first-order valence-electron chi connectivity index (χ1n) is 4.52. The molecular formula is C10H8N4O2. The second kappa shape index (κ2) is 3.90. The predicted octanol–water partition coefficient (Wildman–Crippen LogP) is 0.924. The van der Waals surface area contributed by atoms with Crippen LogP contribution in [0, 0.1) is 11.3 Å². The first-order chi connectivity index (χ1) is 7.76. The Bertz CT molecular complexity index is 582. The van der Waals surface area contributed by atoms with Crippen LogP contribution in [0.25, 0.3) is 5.65 Å². The molecular weight excluding hydrogens is 208 g/mol. The summed E-state index contributed by atoms with van der Waals surface area (Å²) in [6.07, 6.45) is 2.58. The number of hydrogen-bond donors (Lipinski definition) is 1. The molecule has 2 heterocycles. The SMILES string of the molecule is CNC(=O)Oc1ccc2nccn2c1C#N. The largest absolute Gasteiger partial charge is 0.412 e. The third kappa shape index (κ3) is 1.54. The molecule has 0 aliphatic carbocycles. The zero-order valence-electron chi connectivity index (χ0n) is 8.47. The lowest BCUT2D eigenvalue weighted by Gasteiger charge is -2.06. The van der Waals surface area contributed by atoms with Gasteiger partial charge in [0.05, 0.1) is 0 Å². The van der Waals surface area contributed by atoms with Gasteiger partial charge < -0.3 is 10.1 Å². The van der Waals surface area contributed by atoms with E-state index in [1.807, 2.05) is 6.07 Å². The van der Waals surface area contributed by atoms with Gasteiger partial charge in [0.25, 0.3) is 0 Å². The maximum Gasteiger partial charge on any atom is 0.412 e. The van der Waals surface area contributed by atoms with E-state index in [0.717, 1.165) is 0 Å². The van der Waals surface area contributed by atoms with E-state index < -0.39 is 6.09 Å². The van der Waals surface area contributed by atoms with Gasteiger partial charge in [0.2, 0.25) is 0 Å². The number of imidazole rings is 1. The zero-order chi connectivity index (χ0) is 11.5. The molecule has 80 valence electrons. The van der Waals surface area contributed by atoms with Gasteiger partial charge in [-0.05, 0) is 12.1 Å². The monoisotopic (exact) mass is 216 g/mol. The van der Waals surface area contributed by atoms with E-state index in [9.17, 15) is 4.79 Å². The zero-order valence-corrected chi connectivity index (χ0v) is 8.47. The lowest BCUT2D eigenvalue weighted by molar-refractivity contribution is 0.202. The average molecular weight is 216 g/mol. The van der Waals surface area contributed by atoms with Crippen LogP contribution < -0.4 is 10.1 Å². The van der Waals surface area contributed by atoms with Crippen LogP contribution in [0.1, 0.15) is 5.69 Å². The van der Waals surface area contributed by atoms with Crippen LogP contribution >= 0.6 is 0 Å². The number of hydrogen-bond acceptors (Lipinski definition) is 4. The number of amides is 1. The fourth-order valence-corrected chi connectivity index (χ4v) is 1.32. The van der Waals surface area contributed by atoms with Crippen LogP contribution in [0.15, 0.2) is 24.5 Å². The summed E-state index contributed by atoms with van der Waals surface area (Å²) in [5, 5.41) is 11.3. The van der Waals surface area contributed by atoms with Crippen LogP contribution in [0.4, 0.5) is 4.79 Å². The number of nitriles is 1. The number of nitrogens with zero attached hydrogens (tertiary/aromatic N) is 3. The molecule has 2 aromatic rings. The van der Waals surface area contributed by atoms with Crippen molar-refractivity contribution in [3.63, 3.8) is 0 Å². The van der Waals surface area contributed by atoms with Gasteiger partial charge in [-0.2, -0.15) is 5.26 Å². The van der Waals surface area contributed by atoms with Crippen molar-refractivity contribution in [2.24, 2.45) is 0 Å². The van der Waals surface area contributed by atoms with E-state index in [1.165, 1.54) is 13.1 Å². The molecule has 0 atom stereocenters. The normalized spacial score (nSPS) is 9.75. The fourth-order valence-electron chi connectivity index (χ4n) is 1.32. The highest BCUT2D eigenvalue weighted by Gasteiger charge is 2.11. The van der Waals surface area contributed by atoms with E-state index in [2.05, 4.69) is 10.3 Å². The summed E-state index contributed by atoms with van der Waals surface area (Å²) in [6.45, 7) is 0. The van der Waals surface area contributed by atoms with Crippen LogP contribution in [-0.4, -0.2) is 22.5 Å². The number of ether oxygens (including phenoxy) is 1. The Morgan fingerprint density at radius 2 is 2.44 bits per heavy atom. The van der Waals surface area contributed by atoms with Gasteiger partial charge in [0.15, 0.2) is 11.4 Å². The Kier molecular flexibility index (Phi) is 2.44. The van der Waals surface area contributed by atoms with Crippen molar-refractivity contribution in [2.75, 3.05) is 7.05 Å². The number of nitrogens with one attached hydrogen (secondary N) is 1. The summed E-state index contributed by atoms with van der Waals surface area (Å²) in [7, 11) is 1.45. The summed E-state index contributed by atoms with van der Waals surface area (Å²) < 4.78 is 6.50. The maximum atomic E-state index is 11.1. The average Bonchev–Trinajstić information content (AvgIpc) is 2.76. The second-order valence-corrected chi connectivity index (χ2v) is 2.95. The van der Waals surface area contributed by atoms with E-state index in [0.29, 0.717) is 5.65 Å². The molecule has 0 aliphatic rings. The minimum Gasteiger partial charge on any atom is -0.407 e. The van der Waals surface area contributed by atoms with Crippen molar-refractivity contribution in [1.29, 1.82) is 5.26 Å². The lowest BCUT2D eigenvalue weighted by Crippen LogP contribution is -2.22. The summed E-state index contributed by atoms with van der Waals surface area (Å²) >= 11 is 0. The highest BCUT2D eigenvalue weighted by atomic mass is 16.6. The van der Waals surface area contributed by atoms with Gasteiger partial charge >= 0.3 is 6.09 Å². The van der Waals surface area contributed by atoms with Gasteiger partial charge in [-0.15, -0.1) is 0 Å². The van der Waals surface area contributed by atoms with E-state index in [4.69, 9.17) is 10.00 Å². The molecule has 0 unspecified atom stereocenters. The summed E-state index contributed by atoms with van der Waals surface area (Å²) in [5.41, 5.74) is 0.861. The maximum absolute atomic E-state index is 11.1. The van der Waals surface area contributed by atoms with E-state index in [1.54, 1.807) is 22.9 Å². The molecule has 2 rings (SSSR count). The predicted molar refractivity (Wildman–Crippen MR) is 55.0 cm³/mol. The number of aromatic nitrogens is 2. The summed E-state index contributed by atoms with van der Waals surface area (Å²) in [6, 6.07) is 5.18. The van der Waals surface area contributed by atoms with Crippen molar-refractivity contribution in [1.82, 2.24) is 14.7 Å². The van der Waals surface area contributed by atoms with Crippen molar-refractivity contribution >= 4 is 11.7 Å². The minimum absolute atomic E-state index is 0.201. The third-order valence-corrected chi connectivity index (χ3v) is 2.04. The fraction of sp³-hybridized carbons (Fsp3) is 0.100. The highest BCUT2D eigenvalue weighted by Crippen LogP contribution is 2.19. The topological polar surface area (TPSA) is 79.4 Å². The molecule has 16 heavy (non-hydrogen) atoms. The number of rotatable bonds is 1. The Morgan fingerprint density at radius 1 is 1.62 bits per heavy atom. The summed E-state index contributed by atoms with van der Waals surface area (Å²) in [5.74, 6) is 0.201. The van der Waals surface area contributed by atoms with Crippen LogP contribution in [0.2, 0.25) is 0 Å². The first-order valence-corrected chi connectivity index (χ1v) is 4.52. The number of fused-ring (bicyclic) bond motifs is 1. The van der Waals surface area contributed by atoms with Crippen molar-refractivity contribution < 1.29 is 9.53 Å². The van der Waals surface area contributed by atoms with E-state index in [-0.39, 0.29) is 11.4 Å². The summed E-state index contributed by atoms with van der Waals surface area (Å²) in [4.78, 5) is 15.1. The molecule has 6 heteroatoms. The number of pyridine rings is 1. The Labute approximate surface area is 91.1 Å². The lowest BCUT2D eigenvalue weighted by atomic mass is 10.3. The van der Waals surface area contributed by atoms with Crippen molar-refractivity contribution in [3.05, 3.63) is 30.2 Å². The van der Waals surface area contributed by atoms with E-state index >= 15 is 0 Å². The van der Waals surface area contributed by atoms with Crippen molar-refractivity contribution in [2.45, 2.75) is 0 Å². The Morgan fingerprint density at radius 3 is 3.12 bits per heavy atom.